The second-order valence-corrected chi connectivity index (χ2v) is 2.56. The van der Waals surface area contributed by atoms with Gasteiger partial charge in [0.1, 0.15) is 0 Å². The first-order valence-corrected chi connectivity index (χ1v) is 3.58. The van der Waals surface area contributed by atoms with E-state index in [1.165, 1.54) is 0 Å². The SMILES string of the molecule is CCC(C)(/C=C/OC)NC. The fraction of sp³-hybridized carbons (Fsp3) is 0.750. The molecular weight excluding hydrogens is 126 g/mol. The Morgan fingerprint density at radius 1 is 1.60 bits per heavy atom. The van der Waals surface area contributed by atoms with Gasteiger partial charge in [0.2, 0.25) is 0 Å². The van der Waals surface area contributed by atoms with Crippen LogP contribution in [0.5, 0.6) is 0 Å². The molecular formula is C8H17NO. The van der Waals surface area contributed by atoms with Crippen LogP contribution in [-0.4, -0.2) is 19.7 Å². The summed E-state index contributed by atoms with van der Waals surface area (Å²) in [5.41, 5.74) is 0.0794. The van der Waals surface area contributed by atoms with Crippen molar-refractivity contribution >= 4 is 0 Å². The molecule has 0 aliphatic rings. The average Bonchev–Trinajstić information content (AvgIpc) is 2.00. The molecule has 0 rings (SSSR count). The number of hydrogen-bond acceptors (Lipinski definition) is 2. The van der Waals surface area contributed by atoms with Crippen molar-refractivity contribution in [2.45, 2.75) is 25.8 Å². The Morgan fingerprint density at radius 3 is 2.50 bits per heavy atom. The molecule has 0 aromatic carbocycles. The topological polar surface area (TPSA) is 21.3 Å². The van der Waals surface area contributed by atoms with Crippen LogP contribution in [0, 0.1) is 0 Å². The first kappa shape index (κ1) is 9.50. The first-order valence-electron chi connectivity index (χ1n) is 3.58. The van der Waals surface area contributed by atoms with Crippen molar-refractivity contribution in [3.05, 3.63) is 12.3 Å². The lowest BCUT2D eigenvalue weighted by atomic mass is 10.00. The third kappa shape index (κ3) is 2.87. The predicted molar refractivity (Wildman–Crippen MR) is 43.9 cm³/mol. The predicted octanol–water partition coefficient (Wildman–Crippen LogP) is 1.53. The van der Waals surface area contributed by atoms with Crippen LogP contribution in [0.3, 0.4) is 0 Å². The van der Waals surface area contributed by atoms with Gasteiger partial charge in [0, 0.05) is 5.54 Å². The lowest BCUT2D eigenvalue weighted by molar-refractivity contribution is 0.327. The highest BCUT2D eigenvalue weighted by Gasteiger charge is 2.13. The number of methoxy groups -OCH3 is 1. The molecule has 0 aromatic rings. The van der Waals surface area contributed by atoms with Crippen LogP contribution in [0.15, 0.2) is 12.3 Å². The maximum atomic E-state index is 4.82. The van der Waals surface area contributed by atoms with Crippen LogP contribution in [0.4, 0.5) is 0 Å². The molecule has 10 heavy (non-hydrogen) atoms. The van der Waals surface area contributed by atoms with E-state index in [1.54, 1.807) is 13.4 Å². The first-order chi connectivity index (χ1) is 4.68. The zero-order chi connectivity index (χ0) is 8.04. The van der Waals surface area contributed by atoms with Crippen molar-refractivity contribution in [1.29, 1.82) is 0 Å². The van der Waals surface area contributed by atoms with Gasteiger partial charge in [-0.1, -0.05) is 6.92 Å². The minimum atomic E-state index is 0.0794. The molecule has 0 saturated heterocycles. The number of hydrogen-bond donors (Lipinski definition) is 1. The van der Waals surface area contributed by atoms with Crippen molar-refractivity contribution in [2.75, 3.05) is 14.2 Å². The highest BCUT2D eigenvalue weighted by molar-refractivity contribution is 4.99. The van der Waals surface area contributed by atoms with Gasteiger partial charge in [-0.25, -0.2) is 0 Å². The second kappa shape index (κ2) is 4.34. The highest BCUT2D eigenvalue weighted by Crippen LogP contribution is 2.09. The van der Waals surface area contributed by atoms with E-state index in [4.69, 9.17) is 4.74 Å². The zero-order valence-corrected chi connectivity index (χ0v) is 7.27. The standard InChI is InChI=1S/C8H17NO/c1-5-8(2,9-3)6-7-10-4/h6-7,9H,5H2,1-4H3/b7-6+. The van der Waals surface area contributed by atoms with Crippen LogP contribution >= 0.6 is 0 Å². The van der Waals surface area contributed by atoms with E-state index in [2.05, 4.69) is 19.2 Å². The summed E-state index contributed by atoms with van der Waals surface area (Å²) in [6.07, 6.45) is 4.79. The molecule has 0 bridgehead atoms. The number of nitrogens with one attached hydrogen (secondary N) is 1. The Hall–Kier alpha value is -0.500. The summed E-state index contributed by atoms with van der Waals surface area (Å²) >= 11 is 0. The van der Waals surface area contributed by atoms with Crippen molar-refractivity contribution < 1.29 is 4.74 Å². The molecule has 2 nitrogen and oxygen atoms in total. The van der Waals surface area contributed by atoms with Gasteiger partial charge in [-0.15, -0.1) is 0 Å². The highest BCUT2D eigenvalue weighted by atomic mass is 16.5. The maximum Gasteiger partial charge on any atom is 0.0803 e. The van der Waals surface area contributed by atoms with E-state index in [-0.39, 0.29) is 5.54 Å². The van der Waals surface area contributed by atoms with Crippen LogP contribution in [-0.2, 0) is 4.74 Å². The Morgan fingerprint density at radius 2 is 2.20 bits per heavy atom. The molecule has 0 radical (unpaired) electrons. The normalized spacial score (nSPS) is 17.2. The quantitative estimate of drug-likeness (QED) is 0.603. The fourth-order valence-electron chi connectivity index (χ4n) is 0.596. The van der Waals surface area contributed by atoms with E-state index in [9.17, 15) is 0 Å². The van der Waals surface area contributed by atoms with Gasteiger partial charge < -0.3 is 10.1 Å². The Kier molecular flexibility index (Phi) is 4.12. The summed E-state index contributed by atoms with van der Waals surface area (Å²) in [5.74, 6) is 0. The molecule has 0 aliphatic carbocycles. The molecule has 1 unspecified atom stereocenters. The summed E-state index contributed by atoms with van der Waals surface area (Å²) in [5, 5.41) is 3.20. The molecule has 0 aromatic heterocycles. The van der Waals surface area contributed by atoms with E-state index in [1.807, 2.05) is 13.1 Å². The van der Waals surface area contributed by atoms with E-state index < -0.39 is 0 Å². The number of likely N-dealkylation sites (N-methyl/N-ethyl adjacent to an activating group) is 1. The largest absolute Gasteiger partial charge is 0.505 e. The fourth-order valence-corrected chi connectivity index (χ4v) is 0.596. The van der Waals surface area contributed by atoms with Gasteiger partial charge in [0.25, 0.3) is 0 Å². The van der Waals surface area contributed by atoms with E-state index in [0.29, 0.717) is 0 Å². The molecule has 2 heteroatoms. The second-order valence-electron chi connectivity index (χ2n) is 2.56. The van der Waals surface area contributed by atoms with Gasteiger partial charge in [-0.2, -0.15) is 0 Å². The Balaban J connectivity index is 3.92. The summed E-state index contributed by atoms with van der Waals surface area (Å²) in [6.45, 7) is 4.26. The van der Waals surface area contributed by atoms with Gasteiger partial charge in [-0.05, 0) is 26.5 Å². The van der Waals surface area contributed by atoms with Crippen molar-refractivity contribution in [1.82, 2.24) is 5.32 Å². The van der Waals surface area contributed by atoms with Crippen molar-refractivity contribution in [3.63, 3.8) is 0 Å². The van der Waals surface area contributed by atoms with Crippen LogP contribution in [0.25, 0.3) is 0 Å². The Labute approximate surface area is 63.3 Å². The summed E-state index contributed by atoms with van der Waals surface area (Å²) in [4.78, 5) is 0. The average molecular weight is 143 g/mol. The molecule has 1 N–H and O–H groups in total. The minimum Gasteiger partial charge on any atom is -0.505 e. The summed E-state index contributed by atoms with van der Waals surface area (Å²) in [7, 11) is 3.60. The van der Waals surface area contributed by atoms with Gasteiger partial charge >= 0.3 is 0 Å². The number of ether oxygens (including phenoxy) is 1. The van der Waals surface area contributed by atoms with Crippen LogP contribution in [0.1, 0.15) is 20.3 Å². The monoisotopic (exact) mass is 143 g/mol. The summed E-state index contributed by atoms with van der Waals surface area (Å²) < 4.78 is 4.82. The van der Waals surface area contributed by atoms with E-state index in [0.717, 1.165) is 6.42 Å². The molecule has 0 fully saturated rings. The van der Waals surface area contributed by atoms with Gasteiger partial charge in [0.15, 0.2) is 0 Å². The van der Waals surface area contributed by atoms with Gasteiger partial charge in [-0.3, -0.25) is 0 Å². The molecule has 1 atom stereocenters. The molecule has 60 valence electrons. The Bertz CT molecular complexity index is 106. The molecule has 0 heterocycles. The third-order valence-corrected chi connectivity index (χ3v) is 1.88. The zero-order valence-electron chi connectivity index (χ0n) is 7.27. The van der Waals surface area contributed by atoms with E-state index >= 15 is 0 Å². The van der Waals surface area contributed by atoms with Crippen molar-refractivity contribution in [3.8, 4) is 0 Å². The smallest absolute Gasteiger partial charge is 0.0803 e. The molecule has 0 aliphatic heterocycles. The van der Waals surface area contributed by atoms with Crippen molar-refractivity contribution in [2.24, 2.45) is 0 Å². The molecule has 0 saturated carbocycles. The number of rotatable bonds is 4. The lowest BCUT2D eigenvalue weighted by Gasteiger charge is -2.22. The summed E-state index contributed by atoms with van der Waals surface area (Å²) in [6, 6.07) is 0. The minimum absolute atomic E-state index is 0.0794. The molecule has 0 amide bonds. The third-order valence-electron chi connectivity index (χ3n) is 1.88. The van der Waals surface area contributed by atoms with Gasteiger partial charge in [0.05, 0.1) is 13.4 Å². The van der Waals surface area contributed by atoms with Crippen LogP contribution in [0.2, 0.25) is 0 Å². The molecule has 0 spiro atoms. The maximum absolute atomic E-state index is 4.82. The lowest BCUT2D eigenvalue weighted by Crippen LogP contribution is -2.36. The van der Waals surface area contributed by atoms with Crippen LogP contribution < -0.4 is 5.32 Å².